The fourth-order valence-corrected chi connectivity index (χ4v) is 1.20. The van der Waals surface area contributed by atoms with Crippen molar-refractivity contribution >= 4 is 5.78 Å². The molecular weight excluding hydrogens is 204 g/mol. The summed E-state index contributed by atoms with van der Waals surface area (Å²) in [6.45, 7) is 7.79. The average Bonchev–Trinajstić information content (AvgIpc) is 2.61. The van der Waals surface area contributed by atoms with E-state index in [4.69, 9.17) is 4.52 Å². The Labute approximate surface area is 96.4 Å². The summed E-state index contributed by atoms with van der Waals surface area (Å²) in [6.07, 6.45) is 3.21. The molecule has 0 N–H and O–H groups in total. The summed E-state index contributed by atoms with van der Waals surface area (Å²) in [7, 11) is 0. The maximum absolute atomic E-state index is 11.7. The Kier molecular flexibility index (Phi) is 4.21. The van der Waals surface area contributed by atoms with Gasteiger partial charge in [0, 0.05) is 11.8 Å². The first kappa shape index (κ1) is 12.9. The van der Waals surface area contributed by atoms with E-state index in [1.807, 2.05) is 20.8 Å². The topological polar surface area (TPSA) is 56.0 Å². The summed E-state index contributed by atoms with van der Waals surface area (Å²) in [5, 5.41) is 3.85. The minimum absolute atomic E-state index is 0.123. The van der Waals surface area contributed by atoms with Crippen molar-refractivity contribution in [3.63, 3.8) is 0 Å². The standard InChI is InChI=1S/C12H20N2O2/c1-5-6-7-10-13-11(16-14-10)8-9(15)12(2,3)4/h5-8H2,1-4H3. The number of ketones is 1. The van der Waals surface area contributed by atoms with Crippen molar-refractivity contribution < 1.29 is 9.32 Å². The highest BCUT2D eigenvalue weighted by molar-refractivity contribution is 5.84. The molecule has 0 bridgehead atoms. The van der Waals surface area contributed by atoms with Crippen molar-refractivity contribution in [1.29, 1.82) is 0 Å². The van der Waals surface area contributed by atoms with E-state index in [-0.39, 0.29) is 17.6 Å². The molecule has 1 rings (SSSR count). The molecule has 0 spiro atoms. The lowest BCUT2D eigenvalue weighted by atomic mass is 9.89. The summed E-state index contributed by atoms with van der Waals surface area (Å²) in [4.78, 5) is 15.9. The molecule has 4 nitrogen and oxygen atoms in total. The summed E-state index contributed by atoms with van der Waals surface area (Å²) in [5.41, 5.74) is -0.349. The van der Waals surface area contributed by atoms with Crippen LogP contribution in [0.1, 0.15) is 52.3 Å². The van der Waals surface area contributed by atoms with Gasteiger partial charge in [0.1, 0.15) is 5.78 Å². The van der Waals surface area contributed by atoms with Crippen LogP contribution in [0, 0.1) is 5.41 Å². The zero-order valence-corrected chi connectivity index (χ0v) is 10.5. The molecule has 4 heteroatoms. The summed E-state index contributed by atoms with van der Waals surface area (Å²) >= 11 is 0. The number of nitrogens with zero attached hydrogens (tertiary/aromatic N) is 2. The van der Waals surface area contributed by atoms with E-state index in [2.05, 4.69) is 17.1 Å². The zero-order valence-electron chi connectivity index (χ0n) is 10.5. The van der Waals surface area contributed by atoms with Crippen molar-refractivity contribution in [2.24, 2.45) is 5.41 Å². The molecule has 0 aliphatic rings. The maximum Gasteiger partial charge on any atom is 0.234 e. The third-order valence-corrected chi connectivity index (χ3v) is 2.41. The first-order valence-corrected chi connectivity index (χ1v) is 5.78. The Morgan fingerprint density at radius 1 is 1.38 bits per heavy atom. The number of carbonyl (C=O) groups excluding carboxylic acids is 1. The van der Waals surface area contributed by atoms with Gasteiger partial charge in [-0.3, -0.25) is 4.79 Å². The van der Waals surface area contributed by atoms with Crippen LogP contribution in [0.4, 0.5) is 0 Å². The molecular formula is C12H20N2O2. The van der Waals surface area contributed by atoms with E-state index >= 15 is 0 Å². The van der Waals surface area contributed by atoms with Crippen LogP contribution in [0.5, 0.6) is 0 Å². The highest BCUT2D eigenvalue weighted by Crippen LogP contribution is 2.17. The third-order valence-electron chi connectivity index (χ3n) is 2.41. The minimum atomic E-state index is -0.349. The average molecular weight is 224 g/mol. The molecule has 0 radical (unpaired) electrons. The summed E-state index contributed by atoms with van der Waals surface area (Å²) in [5.74, 6) is 1.27. The van der Waals surface area contributed by atoms with Crippen molar-refractivity contribution in [3.8, 4) is 0 Å². The predicted octanol–water partition coefficient (Wildman–Crippen LogP) is 2.57. The number of hydrogen-bond donors (Lipinski definition) is 0. The zero-order chi connectivity index (χ0) is 12.2. The molecule has 16 heavy (non-hydrogen) atoms. The molecule has 1 aromatic rings. The number of aryl methyl sites for hydroxylation is 1. The van der Waals surface area contributed by atoms with Crippen LogP contribution in [-0.2, 0) is 17.6 Å². The summed E-state index contributed by atoms with van der Waals surface area (Å²) in [6, 6.07) is 0. The van der Waals surface area contributed by atoms with Gasteiger partial charge in [0.05, 0.1) is 6.42 Å². The monoisotopic (exact) mass is 224 g/mol. The van der Waals surface area contributed by atoms with Gasteiger partial charge < -0.3 is 4.52 Å². The van der Waals surface area contributed by atoms with E-state index in [0.717, 1.165) is 19.3 Å². The van der Waals surface area contributed by atoms with E-state index in [1.165, 1.54) is 0 Å². The van der Waals surface area contributed by atoms with Gasteiger partial charge in [-0.25, -0.2) is 0 Å². The Balaban J connectivity index is 2.55. The Bertz CT molecular complexity index is 350. The van der Waals surface area contributed by atoms with Gasteiger partial charge in [0.2, 0.25) is 5.89 Å². The van der Waals surface area contributed by atoms with E-state index in [1.54, 1.807) is 0 Å². The predicted molar refractivity (Wildman–Crippen MR) is 61.1 cm³/mol. The quantitative estimate of drug-likeness (QED) is 0.771. The van der Waals surface area contributed by atoms with Gasteiger partial charge >= 0.3 is 0 Å². The molecule has 0 saturated heterocycles. The van der Waals surface area contributed by atoms with Crippen LogP contribution >= 0.6 is 0 Å². The lowest BCUT2D eigenvalue weighted by molar-refractivity contribution is -0.125. The second-order valence-corrected chi connectivity index (χ2v) is 5.06. The molecule has 90 valence electrons. The molecule has 0 saturated carbocycles. The van der Waals surface area contributed by atoms with Crippen LogP contribution in [0.2, 0.25) is 0 Å². The Morgan fingerprint density at radius 3 is 2.62 bits per heavy atom. The number of Topliss-reactive ketones (excluding diaryl/α,β-unsaturated/α-hetero) is 1. The molecule has 1 heterocycles. The Hall–Kier alpha value is -1.19. The molecule has 0 atom stereocenters. The number of unbranched alkanes of at least 4 members (excludes halogenated alkanes) is 1. The number of carbonyl (C=O) groups is 1. The SMILES string of the molecule is CCCCc1noc(CC(=O)C(C)(C)C)n1. The maximum atomic E-state index is 11.7. The molecule has 0 aliphatic heterocycles. The second-order valence-electron chi connectivity index (χ2n) is 5.06. The van der Waals surface area contributed by atoms with Crippen LogP contribution in [0.15, 0.2) is 4.52 Å². The van der Waals surface area contributed by atoms with Crippen molar-refractivity contribution in [2.75, 3.05) is 0 Å². The lowest BCUT2D eigenvalue weighted by Gasteiger charge is -2.14. The number of hydrogen-bond acceptors (Lipinski definition) is 4. The highest BCUT2D eigenvalue weighted by Gasteiger charge is 2.23. The second kappa shape index (κ2) is 5.23. The molecule has 1 aromatic heterocycles. The van der Waals surface area contributed by atoms with Crippen molar-refractivity contribution in [2.45, 2.75) is 53.4 Å². The summed E-state index contributed by atoms with van der Waals surface area (Å²) < 4.78 is 5.05. The van der Waals surface area contributed by atoms with E-state index in [9.17, 15) is 4.79 Å². The fraction of sp³-hybridized carbons (Fsp3) is 0.750. The lowest BCUT2D eigenvalue weighted by Crippen LogP contribution is -2.22. The van der Waals surface area contributed by atoms with Crippen LogP contribution in [0.3, 0.4) is 0 Å². The first-order valence-electron chi connectivity index (χ1n) is 5.78. The van der Waals surface area contributed by atoms with Gasteiger partial charge in [0.15, 0.2) is 5.82 Å². The van der Waals surface area contributed by atoms with E-state index < -0.39 is 0 Å². The van der Waals surface area contributed by atoms with Crippen molar-refractivity contribution in [3.05, 3.63) is 11.7 Å². The molecule has 0 amide bonds. The first-order chi connectivity index (χ1) is 7.43. The Morgan fingerprint density at radius 2 is 2.06 bits per heavy atom. The third kappa shape index (κ3) is 3.76. The van der Waals surface area contributed by atoms with Crippen molar-refractivity contribution in [1.82, 2.24) is 10.1 Å². The van der Waals surface area contributed by atoms with Gasteiger partial charge in [0.25, 0.3) is 0 Å². The molecule has 0 aliphatic carbocycles. The van der Waals surface area contributed by atoms with Gasteiger partial charge in [-0.05, 0) is 6.42 Å². The normalized spacial score (nSPS) is 11.8. The smallest absolute Gasteiger partial charge is 0.234 e. The largest absolute Gasteiger partial charge is 0.339 e. The van der Waals surface area contributed by atoms with Gasteiger partial charge in [-0.2, -0.15) is 4.98 Å². The van der Waals surface area contributed by atoms with Crippen LogP contribution < -0.4 is 0 Å². The molecule has 0 aromatic carbocycles. The molecule has 0 fully saturated rings. The van der Waals surface area contributed by atoms with Crippen LogP contribution in [-0.4, -0.2) is 15.9 Å². The highest BCUT2D eigenvalue weighted by atomic mass is 16.5. The van der Waals surface area contributed by atoms with Gasteiger partial charge in [-0.15, -0.1) is 0 Å². The molecule has 0 unspecified atom stereocenters. The number of rotatable bonds is 5. The van der Waals surface area contributed by atoms with E-state index in [0.29, 0.717) is 11.7 Å². The number of aromatic nitrogens is 2. The van der Waals surface area contributed by atoms with Crippen LogP contribution in [0.25, 0.3) is 0 Å². The fourth-order valence-electron chi connectivity index (χ4n) is 1.20. The minimum Gasteiger partial charge on any atom is -0.339 e. The van der Waals surface area contributed by atoms with Gasteiger partial charge in [-0.1, -0.05) is 39.3 Å².